The summed E-state index contributed by atoms with van der Waals surface area (Å²) >= 11 is 0. The number of carboxylic acids is 1. The van der Waals surface area contributed by atoms with Gasteiger partial charge in [-0.1, -0.05) is 13.3 Å². The van der Waals surface area contributed by atoms with E-state index in [2.05, 4.69) is 5.32 Å². The summed E-state index contributed by atoms with van der Waals surface area (Å²) in [5.41, 5.74) is -0.732. The summed E-state index contributed by atoms with van der Waals surface area (Å²) in [5.74, 6) is 1.57. The topological polar surface area (TPSA) is 69.6 Å². The molecule has 1 saturated heterocycles. The van der Waals surface area contributed by atoms with E-state index in [9.17, 15) is 14.7 Å². The van der Waals surface area contributed by atoms with E-state index in [1.54, 1.807) is 4.90 Å². The summed E-state index contributed by atoms with van der Waals surface area (Å²) in [4.78, 5) is 25.4. The molecule has 2 N–H and O–H groups in total. The van der Waals surface area contributed by atoms with Gasteiger partial charge in [0.25, 0.3) is 0 Å². The van der Waals surface area contributed by atoms with Crippen LogP contribution in [0.3, 0.4) is 0 Å². The Morgan fingerprint density at radius 3 is 2.67 bits per heavy atom. The number of carbonyl (C=O) groups excluding carboxylic acids is 1. The molecular weight excluding hydrogens is 268 g/mol. The van der Waals surface area contributed by atoms with Crippen LogP contribution in [0.1, 0.15) is 45.4 Å². The van der Waals surface area contributed by atoms with Crippen molar-refractivity contribution in [3.05, 3.63) is 0 Å². The molecule has 3 fully saturated rings. The van der Waals surface area contributed by atoms with Gasteiger partial charge in [0, 0.05) is 19.6 Å². The minimum Gasteiger partial charge on any atom is -0.481 e. The van der Waals surface area contributed by atoms with Gasteiger partial charge in [0.15, 0.2) is 0 Å². The van der Waals surface area contributed by atoms with Gasteiger partial charge < -0.3 is 15.3 Å². The van der Waals surface area contributed by atoms with E-state index in [1.807, 2.05) is 6.92 Å². The highest BCUT2D eigenvalue weighted by molar-refractivity contribution is 5.79. The summed E-state index contributed by atoms with van der Waals surface area (Å²) in [6, 6.07) is -0.0747. The third kappa shape index (κ3) is 2.62. The van der Waals surface area contributed by atoms with Gasteiger partial charge in [0.1, 0.15) is 0 Å². The van der Waals surface area contributed by atoms with Crippen LogP contribution in [-0.4, -0.2) is 41.6 Å². The van der Waals surface area contributed by atoms with E-state index in [1.165, 1.54) is 25.7 Å². The highest BCUT2D eigenvalue weighted by Crippen LogP contribution is 2.48. The van der Waals surface area contributed by atoms with Gasteiger partial charge in [0.2, 0.25) is 0 Å². The molecule has 2 saturated carbocycles. The number of nitrogens with one attached hydrogen (secondary N) is 1. The van der Waals surface area contributed by atoms with Crippen molar-refractivity contribution < 1.29 is 14.7 Å². The maximum Gasteiger partial charge on any atom is 0.317 e. The third-order valence-electron chi connectivity index (χ3n) is 6.17. The fourth-order valence-corrected chi connectivity index (χ4v) is 4.62. The number of rotatable bonds is 4. The van der Waals surface area contributed by atoms with Crippen LogP contribution in [0, 0.1) is 23.2 Å². The van der Waals surface area contributed by atoms with Crippen molar-refractivity contribution in [2.24, 2.45) is 23.2 Å². The smallest absolute Gasteiger partial charge is 0.317 e. The molecule has 5 heteroatoms. The number of aliphatic carboxylic acids is 1. The first-order valence-electron chi connectivity index (χ1n) is 8.30. The Balaban J connectivity index is 1.49. The number of hydrogen-bond donors (Lipinski definition) is 2. The standard InChI is InChI=1S/C16H26N2O3/c1-2-16(14(19)20)5-6-18(10-16)15(21)17-9-13-8-11-3-4-12(13)7-11/h11-13H,2-10H2,1H3,(H,17,21)(H,19,20). The van der Waals surface area contributed by atoms with Gasteiger partial charge in [0.05, 0.1) is 5.41 Å². The number of likely N-dealkylation sites (tertiary alicyclic amines) is 1. The second kappa shape index (κ2) is 5.50. The number of carbonyl (C=O) groups is 2. The van der Waals surface area contributed by atoms with Crippen LogP contribution in [0.4, 0.5) is 4.79 Å². The van der Waals surface area contributed by atoms with Crippen molar-refractivity contribution in [1.29, 1.82) is 0 Å². The van der Waals surface area contributed by atoms with E-state index < -0.39 is 11.4 Å². The minimum atomic E-state index is -0.770. The Kier molecular flexibility index (Phi) is 3.84. The Morgan fingerprint density at radius 1 is 1.33 bits per heavy atom. The second-order valence-electron chi connectivity index (χ2n) is 7.23. The molecule has 2 aliphatic carbocycles. The van der Waals surface area contributed by atoms with Gasteiger partial charge in [-0.15, -0.1) is 0 Å². The summed E-state index contributed by atoms with van der Waals surface area (Å²) in [6.07, 6.45) is 6.46. The lowest BCUT2D eigenvalue weighted by molar-refractivity contribution is -0.148. The van der Waals surface area contributed by atoms with Gasteiger partial charge in [-0.25, -0.2) is 4.79 Å². The normalized spacial score (nSPS) is 38.0. The highest BCUT2D eigenvalue weighted by atomic mass is 16.4. The maximum atomic E-state index is 12.3. The molecule has 118 valence electrons. The van der Waals surface area contributed by atoms with Crippen molar-refractivity contribution in [3.8, 4) is 0 Å². The Bertz CT molecular complexity index is 439. The molecule has 4 atom stereocenters. The van der Waals surface area contributed by atoms with Gasteiger partial charge in [-0.05, 0) is 49.9 Å². The SMILES string of the molecule is CCC1(C(=O)O)CCN(C(=O)NCC2CC3CCC2C3)C1. The Hall–Kier alpha value is -1.26. The fourth-order valence-electron chi connectivity index (χ4n) is 4.62. The van der Waals surface area contributed by atoms with Gasteiger partial charge in [-0.3, -0.25) is 4.79 Å². The first kappa shape index (κ1) is 14.7. The van der Waals surface area contributed by atoms with Crippen molar-refractivity contribution in [2.75, 3.05) is 19.6 Å². The number of urea groups is 1. The lowest BCUT2D eigenvalue weighted by Crippen LogP contribution is -2.43. The zero-order valence-electron chi connectivity index (χ0n) is 12.8. The van der Waals surface area contributed by atoms with E-state index in [4.69, 9.17) is 0 Å². The number of amides is 2. The van der Waals surface area contributed by atoms with Gasteiger partial charge >= 0.3 is 12.0 Å². The van der Waals surface area contributed by atoms with Crippen LogP contribution in [0.25, 0.3) is 0 Å². The zero-order chi connectivity index (χ0) is 15.0. The van der Waals surface area contributed by atoms with Crippen molar-refractivity contribution >= 4 is 12.0 Å². The van der Waals surface area contributed by atoms with Crippen LogP contribution in [0.2, 0.25) is 0 Å². The molecule has 0 aromatic rings. The maximum absolute atomic E-state index is 12.3. The molecular formula is C16H26N2O3. The molecule has 5 nitrogen and oxygen atoms in total. The Labute approximate surface area is 126 Å². The lowest BCUT2D eigenvalue weighted by atomic mass is 9.84. The number of nitrogens with zero attached hydrogens (tertiary/aromatic N) is 1. The predicted octanol–water partition coefficient (Wildman–Crippen LogP) is 2.32. The van der Waals surface area contributed by atoms with E-state index >= 15 is 0 Å². The molecule has 1 heterocycles. The van der Waals surface area contributed by atoms with E-state index in [-0.39, 0.29) is 6.03 Å². The molecule has 2 amide bonds. The van der Waals surface area contributed by atoms with Crippen LogP contribution in [-0.2, 0) is 4.79 Å². The molecule has 1 aliphatic heterocycles. The van der Waals surface area contributed by atoms with Crippen LogP contribution < -0.4 is 5.32 Å². The number of carboxylic acid groups (broad SMARTS) is 1. The molecule has 4 unspecified atom stereocenters. The molecule has 0 radical (unpaired) electrons. The predicted molar refractivity (Wildman–Crippen MR) is 78.9 cm³/mol. The number of hydrogen-bond acceptors (Lipinski definition) is 2. The van der Waals surface area contributed by atoms with Crippen LogP contribution in [0.15, 0.2) is 0 Å². The Morgan fingerprint density at radius 2 is 2.14 bits per heavy atom. The molecule has 3 rings (SSSR count). The molecule has 21 heavy (non-hydrogen) atoms. The van der Waals surface area contributed by atoms with Crippen molar-refractivity contribution in [2.45, 2.75) is 45.4 Å². The first-order chi connectivity index (χ1) is 10.0. The third-order valence-corrected chi connectivity index (χ3v) is 6.17. The zero-order valence-corrected chi connectivity index (χ0v) is 12.8. The van der Waals surface area contributed by atoms with Crippen LogP contribution >= 0.6 is 0 Å². The average Bonchev–Trinajstić information content (AvgIpc) is 3.19. The van der Waals surface area contributed by atoms with Crippen molar-refractivity contribution in [3.63, 3.8) is 0 Å². The minimum absolute atomic E-state index is 0.0747. The van der Waals surface area contributed by atoms with E-state index in [0.29, 0.717) is 31.8 Å². The second-order valence-corrected chi connectivity index (χ2v) is 7.23. The average molecular weight is 294 g/mol. The van der Waals surface area contributed by atoms with Crippen molar-refractivity contribution in [1.82, 2.24) is 10.2 Å². The molecule has 0 spiro atoms. The van der Waals surface area contributed by atoms with Gasteiger partial charge in [-0.2, -0.15) is 0 Å². The molecule has 0 aromatic heterocycles. The summed E-state index contributed by atoms with van der Waals surface area (Å²) in [7, 11) is 0. The van der Waals surface area contributed by atoms with Crippen LogP contribution in [0.5, 0.6) is 0 Å². The molecule has 3 aliphatic rings. The molecule has 2 bridgehead atoms. The summed E-state index contributed by atoms with van der Waals surface area (Å²) < 4.78 is 0. The monoisotopic (exact) mass is 294 g/mol. The quantitative estimate of drug-likeness (QED) is 0.836. The highest BCUT2D eigenvalue weighted by Gasteiger charge is 2.45. The first-order valence-corrected chi connectivity index (χ1v) is 8.30. The molecule has 0 aromatic carbocycles. The summed E-state index contributed by atoms with van der Waals surface area (Å²) in [6.45, 7) is 3.57. The van der Waals surface area contributed by atoms with E-state index in [0.717, 1.165) is 18.4 Å². The largest absolute Gasteiger partial charge is 0.481 e. The fraction of sp³-hybridized carbons (Fsp3) is 0.875. The lowest BCUT2D eigenvalue weighted by Gasteiger charge is -2.25. The number of fused-ring (bicyclic) bond motifs is 2. The summed E-state index contributed by atoms with van der Waals surface area (Å²) in [5, 5.41) is 12.4.